The number of aromatic nitrogens is 1. The van der Waals surface area contributed by atoms with Crippen molar-refractivity contribution in [3.63, 3.8) is 0 Å². The molecule has 0 saturated carbocycles. The van der Waals surface area contributed by atoms with Gasteiger partial charge in [0.2, 0.25) is 5.91 Å². The highest BCUT2D eigenvalue weighted by atomic mass is 16.2. The zero-order chi connectivity index (χ0) is 15.4. The normalized spacial score (nSPS) is 16.3. The van der Waals surface area contributed by atoms with Gasteiger partial charge in [-0.05, 0) is 26.0 Å². The van der Waals surface area contributed by atoms with Crippen molar-refractivity contribution in [2.24, 2.45) is 7.05 Å². The Morgan fingerprint density at radius 3 is 2.43 bits per heavy atom. The van der Waals surface area contributed by atoms with Crippen LogP contribution < -0.4 is 5.32 Å². The number of carbonyl (C=O) groups is 2. The first kappa shape index (κ1) is 15.6. The molecule has 1 aliphatic heterocycles. The van der Waals surface area contributed by atoms with Crippen molar-refractivity contribution in [1.82, 2.24) is 19.7 Å². The standard InChI is InChI=1S/C15H24N4O2/c1-12(2)16-14(20)11-18-7-9-19(10-8-18)15(21)13-5-4-6-17(13)3/h4-6,12H,7-11H2,1-3H3,(H,16,20). The lowest BCUT2D eigenvalue weighted by atomic mass is 10.2. The molecule has 0 radical (unpaired) electrons. The molecule has 0 atom stereocenters. The molecule has 1 fully saturated rings. The molecular weight excluding hydrogens is 268 g/mol. The fourth-order valence-corrected chi connectivity index (χ4v) is 2.53. The van der Waals surface area contributed by atoms with Gasteiger partial charge >= 0.3 is 0 Å². The van der Waals surface area contributed by atoms with Gasteiger partial charge in [-0.2, -0.15) is 0 Å². The van der Waals surface area contributed by atoms with Crippen LogP contribution in [0.3, 0.4) is 0 Å². The van der Waals surface area contributed by atoms with Crippen LogP contribution in [0, 0.1) is 0 Å². The number of nitrogens with zero attached hydrogens (tertiary/aromatic N) is 3. The van der Waals surface area contributed by atoms with Crippen molar-refractivity contribution in [1.29, 1.82) is 0 Å². The van der Waals surface area contributed by atoms with Crippen LogP contribution >= 0.6 is 0 Å². The van der Waals surface area contributed by atoms with Crippen LogP contribution in [-0.2, 0) is 11.8 Å². The molecule has 0 spiro atoms. The van der Waals surface area contributed by atoms with Gasteiger partial charge in [-0.1, -0.05) is 0 Å². The number of nitrogens with one attached hydrogen (secondary N) is 1. The van der Waals surface area contributed by atoms with Crippen molar-refractivity contribution in [3.8, 4) is 0 Å². The summed E-state index contributed by atoms with van der Waals surface area (Å²) in [7, 11) is 1.87. The van der Waals surface area contributed by atoms with Crippen molar-refractivity contribution >= 4 is 11.8 Å². The molecular formula is C15H24N4O2. The SMILES string of the molecule is CC(C)NC(=O)CN1CCN(C(=O)c2cccn2C)CC1. The van der Waals surface area contributed by atoms with Crippen molar-refractivity contribution in [3.05, 3.63) is 24.0 Å². The number of piperazine rings is 1. The summed E-state index contributed by atoms with van der Waals surface area (Å²) in [6, 6.07) is 3.88. The predicted molar refractivity (Wildman–Crippen MR) is 81.0 cm³/mol. The fourth-order valence-electron chi connectivity index (χ4n) is 2.53. The quantitative estimate of drug-likeness (QED) is 0.869. The van der Waals surface area contributed by atoms with E-state index in [9.17, 15) is 9.59 Å². The molecule has 0 bridgehead atoms. The molecule has 1 N–H and O–H groups in total. The van der Waals surface area contributed by atoms with E-state index in [4.69, 9.17) is 0 Å². The number of hydrogen-bond acceptors (Lipinski definition) is 3. The van der Waals surface area contributed by atoms with E-state index in [-0.39, 0.29) is 17.9 Å². The first-order valence-electron chi connectivity index (χ1n) is 7.39. The highest BCUT2D eigenvalue weighted by Gasteiger charge is 2.24. The smallest absolute Gasteiger partial charge is 0.270 e. The van der Waals surface area contributed by atoms with Gasteiger partial charge in [0.05, 0.1) is 6.54 Å². The third-order valence-electron chi connectivity index (χ3n) is 3.64. The lowest BCUT2D eigenvalue weighted by Crippen LogP contribution is -2.51. The fraction of sp³-hybridized carbons (Fsp3) is 0.600. The monoisotopic (exact) mass is 292 g/mol. The average molecular weight is 292 g/mol. The Bertz CT molecular complexity index is 502. The molecule has 21 heavy (non-hydrogen) atoms. The number of amides is 2. The summed E-state index contributed by atoms with van der Waals surface area (Å²) in [6.45, 7) is 7.12. The molecule has 2 amide bonds. The van der Waals surface area contributed by atoms with Crippen LogP contribution in [-0.4, -0.2) is 64.9 Å². The minimum absolute atomic E-state index is 0.0483. The van der Waals surface area contributed by atoms with E-state index >= 15 is 0 Å². The van der Waals surface area contributed by atoms with E-state index in [1.165, 1.54) is 0 Å². The predicted octanol–water partition coefficient (Wildman–Crippen LogP) is 0.308. The maximum absolute atomic E-state index is 12.4. The van der Waals surface area contributed by atoms with Crippen LogP contribution in [0.2, 0.25) is 0 Å². The molecule has 6 nitrogen and oxygen atoms in total. The van der Waals surface area contributed by atoms with E-state index in [0.717, 1.165) is 13.1 Å². The second kappa shape index (κ2) is 6.76. The van der Waals surface area contributed by atoms with Crippen LogP contribution in [0.4, 0.5) is 0 Å². The van der Waals surface area contributed by atoms with Gasteiger partial charge in [0, 0.05) is 45.5 Å². The lowest BCUT2D eigenvalue weighted by Gasteiger charge is -2.34. The summed E-state index contributed by atoms with van der Waals surface area (Å²) in [5.74, 6) is 0.112. The zero-order valence-electron chi connectivity index (χ0n) is 13.0. The van der Waals surface area contributed by atoms with Crippen molar-refractivity contribution in [2.45, 2.75) is 19.9 Å². The largest absolute Gasteiger partial charge is 0.353 e. The van der Waals surface area contributed by atoms with Gasteiger partial charge in [0.25, 0.3) is 5.91 Å². The topological polar surface area (TPSA) is 57.6 Å². The highest BCUT2D eigenvalue weighted by molar-refractivity contribution is 5.92. The first-order valence-corrected chi connectivity index (χ1v) is 7.39. The summed E-state index contributed by atoms with van der Waals surface area (Å²) >= 11 is 0. The summed E-state index contributed by atoms with van der Waals surface area (Å²) < 4.78 is 1.84. The molecule has 1 saturated heterocycles. The van der Waals surface area contributed by atoms with Gasteiger partial charge < -0.3 is 14.8 Å². The van der Waals surface area contributed by atoms with E-state index in [1.807, 2.05) is 48.7 Å². The summed E-state index contributed by atoms with van der Waals surface area (Å²) in [4.78, 5) is 28.0. The van der Waals surface area contributed by atoms with Gasteiger partial charge in [-0.3, -0.25) is 14.5 Å². The van der Waals surface area contributed by atoms with Crippen LogP contribution in [0.25, 0.3) is 0 Å². The Hall–Kier alpha value is -1.82. The highest BCUT2D eigenvalue weighted by Crippen LogP contribution is 2.09. The number of hydrogen-bond donors (Lipinski definition) is 1. The molecule has 0 aliphatic carbocycles. The molecule has 6 heteroatoms. The third-order valence-corrected chi connectivity index (χ3v) is 3.64. The van der Waals surface area contributed by atoms with E-state index in [2.05, 4.69) is 10.2 Å². The minimum Gasteiger partial charge on any atom is -0.353 e. The van der Waals surface area contributed by atoms with Crippen LogP contribution in [0.5, 0.6) is 0 Å². The van der Waals surface area contributed by atoms with Gasteiger partial charge in [0.1, 0.15) is 5.69 Å². The van der Waals surface area contributed by atoms with Gasteiger partial charge in [-0.25, -0.2) is 0 Å². The van der Waals surface area contributed by atoms with E-state index in [0.29, 0.717) is 25.3 Å². The molecule has 1 aromatic heterocycles. The second-order valence-corrected chi connectivity index (χ2v) is 5.79. The van der Waals surface area contributed by atoms with Crippen molar-refractivity contribution in [2.75, 3.05) is 32.7 Å². The molecule has 2 heterocycles. The van der Waals surface area contributed by atoms with Crippen LogP contribution in [0.1, 0.15) is 24.3 Å². The molecule has 1 aliphatic rings. The second-order valence-electron chi connectivity index (χ2n) is 5.79. The lowest BCUT2D eigenvalue weighted by molar-refractivity contribution is -0.123. The summed E-state index contributed by atoms with van der Waals surface area (Å²) in [6.07, 6.45) is 1.87. The first-order chi connectivity index (χ1) is 9.97. The van der Waals surface area contributed by atoms with E-state index < -0.39 is 0 Å². The third kappa shape index (κ3) is 4.07. The maximum Gasteiger partial charge on any atom is 0.270 e. The zero-order valence-corrected chi connectivity index (χ0v) is 13.0. The van der Waals surface area contributed by atoms with Crippen molar-refractivity contribution < 1.29 is 9.59 Å². The molecule has 1 aromatic rings. The van der Waals surface area contributed by atoms with Gasteiger partial charge in [-0.15, -0.1) is 0 Å². The van der Waals surface area contributed by atoms with Crippen LogP contribution in [0.15, 0.2) is 18.3 Å². The Morgan fingerprint density at radius 1 is 1.24 bits per heavy atom. The average Bonchev–Trinajstić information content (AvgIpc) is 2.84. The molecule has 2 rings (SSSR count). The maximum atomic E-state index is 12.4. The molecule has 116 valence electrons. The summed E-state index contributed by atoms with van der Waals surface area (Å²) in [5.41, 5.74) is 0.709. The molecule has 0 aromatic carbocycles. The Labute approximate surface area is 125 Å². The minimum atomic E-state index is 0.0483. The number of carbonyl (C=O) groups excluding carboxylic acids is 2. The molecule has 0 unspecified atom stereocenters. The Morgan fingerprint density at radius 2 is 1.90 bits per heavy atom. The number of aryl methyl sites for hydroxylation is 1. The summed E-state index contributed by atoms with van der Waals surface area (Å²) in [5, 5.41) is 2.89. The number of rotatable bonds is 4. The van der Waals surface area contributed by atoms with E-state index in [1.54, 1.807) is 0 Å². The Kier molecular flexibility index (Phi) is 5.01. The Balaban J connectivity index is 1.82. The van der Waals surface area contributed by atoms with Gasteiger partial charge in [0.15, 0.2) is 0 Å².